The van der Waals surface area contributed by atoms with Crippen LogP contribution in [0.25, 0.3) is 0 Å². The fourth-order valence-electron chi connectivity index (χ4n) is 2.90. The molecule has 1 amide bonds. The summed E-state index contributed by atoms with van der Waals surface area (Å²) in [7, 11) is 2.90. The Bertz CT molecular complexity index is 814. The van der Waals surface area contributed by atoms with Gasteiger partial charge in [-0.05, 0) is 0 Å². The van der Waals surface area contributed by atoms with Gasteiger partial charge in [-0.1, -0.05) is 20.8 Å². The lowest BCUT2D eigenvalue weighted by atomic mass is 9.94. The average Bonchev–Trinajstić information content (AvgIpc) is 2.54. The smallest absolute Gasteiger partial charge is 0.332 e. The molecule has 8 heteroatoms. The van der Waals surface area contributed by atoms with E-state index in [1.165, 1.54) is 11.6 Å². The first-order valence-electron chi connectivity index (χ1n) is 7.84. The second kappa shape index (κ2) is 6.15. The van der Waals surface area contributed by atoms with Gasteiger partial charge < -0.3 is 9.80 Å². The molecule has 0 aliphatic carbocycles. The van der Waals surface area contributed by atoms with Gasteiger partial charge in [0.2, 0.25) is 5.91 Å². The summed E-state index contributed by atoms with van der Waals surface area (Å²) in [5.74, 6) is 0.397. The second-order valence-corrected chi connectivity index (χ2v) is 7.05. The third-order valence-electron chi connectivity index (χ3n) is 4.25. The van der Waals surface area contributed by atoms with Gasteiger partial charge in [0.25, 0.3) is 5.56 Å². The van der Waals surface area contributed by atoms with Gasteiger partial charge >= 0.3 is 5.69 Å². The van der Waals surface area contributed by atoms with Crippen LogP contribution in [0.2, 0.25) is 0 Å². The van der Waals surface area contributed by atoms with Crippen LogP contribution in [0.4, 0.5) is 5.82 Å². The van der Waals surface area contributed by atoms with E-state index in [1.54, 1.807) is 11.9 Å². The predicted octanol–water partition coefficient (Wildman–Crippen LogP) is -0.350. The molecule has 0 unspecified atom stereocenters. The van der Waals surface area contributed by atoms with E-state index in [9.17, 15) is 19.6 Å². The quantitative estimate of drug-likeness (QED) is 0.700. The molecule has 0 atom stereocenters. The van der Waals surface area contributed by atoms with Crippen molar-refractivity contribution in [1.29, 1.82) is 5.26 Å². The van der Waals surface area contributed by atoms with Crippen LogP contribution in [0.3, 0.4) is 0 Å². The highest BCUT2D eigenvalue weighted by Crippen LogP contribution is 2.21. The van der Waals surface area contributed by atoms with E-state index in [4.69, 9.17) is 0 Å². The highest BCUT2D eigenvalue weighted by Gasteiger charge is 2.31. The maximum atomic E-state index is 12.4. The molecule has 1 aliphatic heterocycles. The van der Waals surface area contributed by atoms with Crippen molar-refractivity contribution in [2.24, 2.45) is 19.5 Å². The molecule has 2 heterocycles. The lowest BCUT2D eigenvalue weighted by Crippen LogP contribution is -2.53. The Morgan fingerprint density at radius 1 is 1.04 bits per heavy atom. The van der Waals surface area contributed by atoms with E-state index in [0.29, 0.717) is 32.0 Å². The molecule has 0 saturated carbocycles. The summed E-state index contributed by atoms with van der Waals surface area (Å²) in [5, 5.41) is 9.35. The summed E-state index contributed by atoms with van der Waals surface area (Å²) in [6, 6.07) is 1.91. The molecule has 0 radical (unpaired) electrons. The Labute approximate surface area is 140 Å². The monoisotopic (exact) mass is 333 g/mol. The molecule has 1 fully saturated rings. The highest BCUT2D eigenvalue weighted by atomic mass is 16.2. The van der Waals surface area contributed by atoms with Gasteiger partial charge in [-0.25, -0.2) is 4.79 Å². The van der Waals surface area contributed by atoms with E-state index in [-0.39, 0.29) is 11.5 Å². The lowest BCUT2D eigenvalue weighted by molar-refractivity contribution is -0.139. The second-order valence-electron chi connectivity index (χ2n) is 7.05. The number of nitriles is 1. The van der Waals surface area contributed by atoms with Gasteiger partial charge in [-0.3, -0.25) is 18.7 Å². The van der Waals surface area contributed by atoms with Gasteiger partial charge in [0.15, 0.2) is 5.56 Å². The molecule has 130 valence electrons. The first kappa shape index (κ1) is 17.8. The summed E-state index contributed by atoms with van der Waals surface area (Å²) in [6.07, 6.45) is 0. The number of hydrogen-bond donors (Lipinski definition) is 0. The molecule has 0 spiro atoms. The molecule has 0 aromatic carbocycles. The molecule has 1 saturated heterocycles. The third-order valence-corrected chi connectivity index (χ3v) is 4.25. The molecule has 1 aromatic rings. The summed E-state index contributed by atoms with van der Waals surface area (Å²) in [6.45, 7) is 7.54. The zero-order valence-corrected chi connectivity index (χ0v) is 14.8. The molecule has 0 N–H and O–H groups in total. The summed E-state index contributed by atoms with van der Waals surface area (Å²) >= 11 is 0. The Hall–Kier alpha value is -2.56. The maximum Gasteiger partial charge on any atom is 0.332 e. The SMILES string of the molecule is Cn1c(N2CCN(C(=O)C(C)(C)C)CC2)c(C#N)c(=O)n(C)c1=O. The number of aromatic nitrogens is 2. The van der Waals surface area contributed by atoms with Crippen molar-refractivity contribution in [2.75, 3.05) is 31.1 Å². The van der Waals surface area contributed by atoms with Crippen LogP contribution in [-0.4, -0.2) is 46.1 Å². The van der Waals surface area contributed by atoms with Crippen LogP contribution in [0.5, 0.6) is 0 Å². The third kappa shape index (κ3) is 2.94. The summed E-state index contributed by atoms with van der Waals surface area (Å²) in [4.78, 5) is 40.3. The number of carbonyl (C=O) groups excluding carboxylic acids is 1. The van der Waals surface area contributed by atoms with E-state index in [2.05, 4.69) is 0 Å². The van der Waals surface area contributed by atoms with Gasteiger partial charge in [0.1, 0.15) is 11.9 Å². The number of nitrogens with zero attached hydrogens (tertiary/aromatic N) is 5. The first-order valence-corrected chi connectivity index (χ1v) is 7.84. The van der Waals surface area contributed by atoms with E-state index in [0.717, 1.165) is 4.57 Å². The number of amides is 1. The Balaban J connectivity index is 2.34. The number of piperazine rings is 1. The Morgan fingerprint density at radius 3 is 2.04 bits per heavy atom. The average molecular weight is 333 g/mol. The van der Waals surface area contributed by atoms with Gasteiger partial charge in [0.05, 0.1) is 0 Å². The molecular formula is C16H23N5O3. The number of anilines is 1. The highest BCUT2D eigenvalue weighted by molar-refractivity contribution is 5.81. The largest absolute Gasteiger partial charge is 0.353 e. The van der Waals surface area contributed by atoms with E-state index >= 15 is 0 Å². The summed E-state index contributed by atoms with van der Waals surface area (Å²) in [5.41, 5.74) is -1.56. The minimum atomic E-state index is -0.594. The predicted molar refractivity (Wildman–Crippen MR) is 89.9 cm³/mol. The van der Waals surface area contributed by atoms with Crippen molar-refractivity contribution >= 4 is 11.7 Å². The van der Waals surface area contributed by atoms with E-state index < -0.39 is 16.7 Å². The summed E-state index contributed by atoms with van der Waals surface area (Å²) < 4.78 is 2.25. The molecule has 2 rings (SSSR count). The molecule has 1 aromatic heterocycles. The molecular weight excluding hydrogens is 310 g/mol. The molecule has 1 aliphatic rings. The van der Waals surface area contributed by atoms with E-state index in [1.807, 2.05) is 31.7 Å². The van der Waals surface area contributed by atoms with Crippen molar-refractivity contribution in [2.45, 2.75) is 20.8 Å². The molecule has 8 nitrogen and oxygen atoms in total. The minimum absolute atomic E-state index is 0.0461. The van der Waals surface area contributed by atoms with Crippen molar-refractivity contribution in [3.8, 4) is 6.07 Å². The van der Waals surface area contributed by atoms with Gasteiger partial charge in [0, 0.05) is 45.7 Å². The zero-order chi connectivity index (χ0) is 18.2. The van der Waals surface area contributed by atoms with Crippen molar-refractivity contribution < 1.29 is 4.79 Å². The van der Waals surface area contributed by atoms with Crippen LogP contribution >= 0.6 is 0 Å². The first-order chi connectivity index (χ1) is 11.1. The van der Waals surface area contributed by atoms with Crippen molar-refractivity contribution in [3.63, 3.8) is 0 Å². The zero-order valence-electron chi connectivity index (χ0n) is 14.8. The van der Waals surface area contributed by atoms with Gasteiger partial charge in [-0.15, -0.1) is 0 Å². The number of hydrogen-bond acceptors (Lipinski definition) is 5. The fraction of sp³-hybridized carbons (Fsp3) is 0.625. The van der Waals surface area contributed by atoms with Crippen LogP contribution < -0.4 is 16.1 Å². The fourth-order valence-corrected chi connectivity index (χ4v) is 2.90. The normalized spacial score (nSPS) is 15.3. The van der Waals surface area contributed by atoms with Crippen LogP contribution in [0, 0.1) is 16.7 Å². The maximum absolute atomic E-state index is 12.4. The number of rotatable bonds is 1. The minimum Gasteiger partial charge on any atom is -0.353 e. The Kier molecular flexibility index (Phi) is 4.56. The standard InChI is InChI=1S/C16H23N5O3/c1-16(2,3)14(23)21-8-6-20(7-9-21)12-11(10-17)13(22)19(5)15(24)18(12)4/h6-9H2,1-5H3. The van der Waals surface area contributed by atoms with Crippen molar-refractivity contribution in [3.05, 3.63) is 26.4 Å². The van der Waals surface area contributed by atoms with Crippen LogP contribution in [-0.2, 0) is 18.9 Å². The van der Waals surface area contributed by atoms with Crippen LogP contribution in [0.1, 0.15) is 26.3 Å². The topological polar surface area (TPSA) is 91.3 Å². The molecule has 24 heavy (non-hydrogen) atoms. The molecule has 0 bridgehead atoms. The van der Waals surface area contributed by atoms with Crippen LogP contribution in [0.15, 0.2) is 9.59 Å². The van der Waals surface area contributed by atoms with Crippen molar-refractivity contribution in [1.82, 2.24) is 14.0 Å². The van der Waals surface area contributed by atoms with Gasteiger partial charge in [-0.2, -0.15) is 5.26 Å². The Morgan fingerprint density at radius 2 is 1.58 bits per heavy atom. The number of carbonyl (C=O) groups is 1. The lowest BCUT2D eigenvalue weighted by Gasteiger charge is -2.39.